The summed E-state index contributed by atoms with van der Waals surface area (Å²) in [6.07, 6.45) is -3.80. The predicted octanol–water partition coefficient (Wildman–Crippen LogP) is 6.69. The molecule has 0 unspecified atom stereocenters. The third-order valence-electron chi connectivity index (χ3n) is 5.16. The number of carbonyl (C=O) groups excluding carboxylic acids is 1. The van der Waals surface area contributed by atoms with Crippen LogP contribution in [-0.2, 0) is 12.6 Å². The van der Waals surface area contributed by atoms with Crippen LogP contribution in [0.3, 0.4) is 0 Å². The number of aryl methyl sites for hydroxylation is 1. The number of rotatable bonds is 6. The molecule has 0 atom stereocenters. The minimum absolute atomic E-state index is 0.0403. The van der Waals surface area contributed by atoms with E-state index in [1.807, 2.05) is 31.2 Å². The first-order valence-corrected chi connectivity index (χ1v) is 11.2. The maximum Gasteiger partial charge on any atom is 0.417 e. The molecule has 1 amide bonds. The topological polar surface area (TPSA) is 42.0 Å². The molecule has 3 aromatic carbocycles. The number of fused-ring (bicyclic) bond motifs is 1. The summed E-state index contributed by atoms with van der Waals surface area (Å²) in [6.45, 7) is 2.46. The Morgan fingerprint density at radius 1 is 0.970 bits per heavy atom. The number of aromatic nitrogens is 1. The van der Waals surface area contributed by atoms with E-state index < -0.39 is 11.7 Å². The van der Waals surface area contributed by atoms with Gasteiger partial charge in [-0.05, 0) is 43.2 Å². The van der Waals surface area contributed by atoms with Crippen molar-refractivity contribution >= 4 is 28.6 Å². The maximum atomic E-state index is 13.4. The molecule has 1 heterocycles. The summed E-state index contributed by atoms with van der Waals surface area (Å²) in [6, 6.07) is 22.1. The summed E-state index contributed by atoms with van der Waals surface area (Å²) in [5.41, 5.74) is 2.49. The molecule has 0 bridgehead atoms. The average Bonchev–Trinajstić information content (AvgIpc) is 2.79. The summed E-state index contributed by atoms with van der Waals surface area (Å²) in [5.74, 6) is -0.285. The van der Waals surface area contributed by atoms with E-state index in [2.05, 4.69) is 10.3 Å². The van der Waals surface area contributed by atoms with Crippen LogP contribution in [0.25, 0.3) is 10.9 Å². The monoisotopic (exact) mass is 466 g/mol. The van der Waals surface area contributed by atoms with Crippen molar-refractivity contribution in [3.05, 3.63) is 101 Å². The van der Waals surface area contributed by atoms with E-state index in [4.69, 9.17) is 0 Å². The maximum absolute atomic E-state index is 13.4. The zero-order valence-corrected chi connectivity index (χ0v) is 18.6. The van der Waals surface area contributed by atoms with Gasteiger partial charge >= 0.3 is 6.18 Å². The van der Waals surface area contributed by atoms with Crippen LogP contribution in [-0.4, -0.2) is 17.4 Å². The van der Waals surface area contributed by atoms with Gasteiger partial charge in [0.25, 0.3) is 5.91 Å². The van der Waals surface area contributed by atoms with E-state index in [9.17, 15) is 18.0 Å². The predicted molar refractivity (Wildman–Crippen MR) is 125 cm³/mol. The lowest BCUT2D eigenvalue weighted by atomic mass is 10.1. The summed E-state index contributed by atoms with van der Waals surface area (Å²) < 4.78 is 40.2. The molecule has 0 radical (unpaired) electrons. The normalized spacial score (nSPS) is 11.5. The summed E-state index contributed by atoms with van der Waals surface area (Å²) in [4.78, 5) is 17.5. The highest BCUT2D eigenvalue weighted by Crippen LogP contribution is 2.39. The molecule has 0 fully saturated rings. The molecule has 0 spiro atoms. The van der Waals surface area contributed by atoms with Crippen molar-refractivity contribution < 1.29 is 18.0 Å². The second-order valence-corrected chi connectivity index (χ2v) is 8.67. The number of benzene rings is 3. The summed E-state index contributed by atoms with van der Waals surface area (Å²) in [7, 11) is 0. The fourth-order valence-corrected chi connectivity index (χ4v) is 4.45. The number of hydrogen-bond acceptors (Lipinski definition) is 3. The number of carbonyl (C=O) groups is 1. The van der Waals surface area contributed by atoms with Gasteiger partial charge in [-0.25, -0.2) is 4.98 Å². The van der Waals surface area contributed by atoms with Crippen molar-refractivity contribution in [2.24, 2.45) is 0 Å². The van der Waals surface area contributed by atoms with Crippen molar-refractivity contribution in [3.63, 3.8) is 0 Å². The zero-order chi connectivity index (χ0) is 23.4. The van der Waals surface area contributed by atoms with Crippen molar-refractivity contribution in [2.45, 2.75) is 29.4 Å². The van der Waals surface area contributed by atoms with Gasteiger partial charge in [-0.1, -0.05) is 71.9 Å². The van der Waals surface area contributed by atoms with Gasteiger partial charge in [0.1, 0.15) is 5.03 Å². The molecule has 168 valence electrons. The molecule has 0 saturated carbocycles. The third-order valence-corrected chi connectivity index (χ3v) is 6.16. The Morgan fingerprint density at radius 2 is 1.67 bits per heavy atom. The van der Waals surface area contributed by atoms with Crippen LogP contribution in [0.2, 0.25) is 0 Å². The standard InChI is InChI=1S/C26H21F3N2OS/c1-17-10-12-18(13-11-17)14-15-30-25(32)20-16-24(31-22-8-4-2-6-19(20)22)33-23-9-5-3-7-21(23)26(27,28)29/h2-13,16H,14-15H2,1H3,(H,30,32). The van der Waals surface area contributed by atoms with E-state index in [0.717, 1.165) is 23.4 Å². The molecular formula is C26H21F3N2OS. The van der Waals surface area contributed by atoms with E-state index in [0.29, 0.717) is 34.5 Å². The van der Waals surface area contributed by atoms with Gasteiger partial charge < -0.3 is 5.32 Å². The number of nitrogens with one attached hydrogen (secondary N) is 1. The highest BCUT2D eigenvalue weighted by molar-refractivity contribution is 7.99. The van der Waals surface area contributed by atoms with E-state index in [-0.39, 0.29) is 10.8 Å². The van der Waals surface area contributed by atoms with Crippen molar-refractivity contribution in [3.8, 4) is 0 Å². The molecule has 4 aromatic rings. The Hall–Kier alpha value is -3.32. The number of hydrogen-bond donors (Lipinski definition) is 1. The second kappa shape index (κ2) is 9.67. The minimum Gasteiger partial charge on any atom is -0.352 e. The Morgan fingerprint density at radius 3 is 2.42 bits per heavy atom. The lowest BCUT2D eigenvalue weighted by molar-refractivity contribution is -0.139. The van der Waals surface area contributed by atoms with E-state index >= 15 is 0 Å². The number of para-hydroxylation sites is 1. The Labute approximate surface area is 194 Å². The van der Waals surface area contributed by atoms with Crippen LogP contribution in [0.1, 0.15) is 27.0 Å². The zero-order valence-electron chi connectivity index (χ0n) is 17.8. The van der Waals surface area contributed by atoms with Gasteiger partial charge in [0.15, 0.2) is 0 Å². The largest absolute Gasteiger partial charge is 0.417 e. The van der Waals surface area contributed by atoms with Gasteiger partial charge in [-0.2, -0.15) is 13.2 Å². The molecular weight excluding hydrogens is 445 g/mol. The van der Waals surface area contributed by atoms with Gasteiger partial charge in [0, 0.05) is 16.8 Å². The molecule has 1 aromatic heterocycles. The quantitative estimate of drug-likeness (QED) is 0.344. The van der Waals surface area contributed by atoms with Crippen LogP contribution in [0.4, 0.5) is 13.2 Å². The number of amides is 1. The van der Waals surface area contributed by atoms with Crippen LogP contribution >= 0.6 is 11.8 Å². The minimum atomic E-state index is -4.48. The first-order valence-electron chi connectivity index (χ1n) is 10.4. The lowest BCUT2D eigenvalue weighted by Crippen LogP contribution is -2.26. The molecule has 1 N–H and O–H groups in total. The van der Waals surface area contributed by atoms with Gasteiger partial charge in [0.05, 0.1) is 16.6 Å². The summed E-state index contributed by atoms with van der Waals surface area (Å²) >= 11 is 0.898. The highest BCUT2D eigenvalue weighted by atomic mass is 32.2. The van der Waals surface area contributed by atoms with Crippen molar-refractivity contribution in [1.82, 2.24) is 10.3 Å². The molecule has 0 aliphatic heterocycles. The highest BCUT2D eigenvalue weighted by Gasteiger charge is 2.33. The first kappa shape index (κ1) is 22.9. The Bertz CT molecular complexity index is 1290. The van der Waals surface area contributed by atoms with Crippen LogP contribution in [0.5, 0.6) is 0 Å². The fourth-order valence-electron chi connectivity index (χ4n) is 3.46. The molecule has 4 rings (SSSR count). The fraction of sp³-hybridized carbons (Fsp3) is 0.154. The molecule has 0 aliphatic rings. The van der Waals surface area contributed by atoms with Crippen LogP contribution in [0, 0.1) is 6.92 Å². The Kier molecular flexibility index (Phi) is 6.70. The SMILES string of the molecule is Cc1ccc(CCNC(=O)c2cc(Sc3ccccc3C(F)(F)F)nc3ccccc23)cc1. The van der Waals surface area contributed by atoms with Crippen molar-refractivity contribution in [2.75, 3.05) is 6.54 Å². The lowest BCUT2D eigenvalue weighted by Gasteiger charge is -2.13. The smallest absolute Gasteiger partial charge is 0.352 e. The number of alkyl halides is 3. The van der Waals surface area contributed by atoms with Gasteiger partial charge in [-0.15, -0.1) is 0 Å². The number of halogens is 3. The second-order valence-electron chi connectivity index (χ2n) is 7.61. The molecule has 7 heteroatoms. The molecule has 33 heavy (non-hydrogen) atoms. The van der Waals surface area contributed by atoms with Crippen LogP contribution < -0.4 is 5.32 Å². The van der Waals surface area contributed by atoms with E-state index in [1.54, 1.807) is 36.4 Å². The number of nitrogens with zero attached hydrogens (tertiary/aromatic N) is 1. The van der Waals surface area contributed by atoms with Crippen LogP contribution in [0.15, 0.2) is 88.8 Å². The van der Waals surface area contributed by atoms with E-state index in [1.165, 1.54) is 17.7 Å². The first-order chi connectivity index (χ1) is 15.8. The Balaban J connectivity index is 1.59. The summed E-state index contributed by atoms with van der Waals surface area (Å²) in [5, 5.41) is 3.90. The van der Waals surface area contributed by atoms with Gasteiger partial charge in [0.2, 0.25) is 0 Å². The third kappa shape index (κ3) is 5.54. The average molecular weight is 467 g/mol. The van der Waals surface area contributed by atoms with Gasteiger partial charge in [-0.3, -0.25) is 4.79 Å². The number of pyridine rings is 1. The molecule has 0 saturated heterocycles. The molecule has 3 nitrogen and oxygen atoms in total. The molecule has 0 aliphatic carbocycles. The van der Waals surface area contributed by atoms with Crippen molar-refractivity contribution in [1.29, 1.82) is 0 Å².